The van der Waals surface area contributed by atoms with Crippen molar-refractivity contribution in [1.82, 2.24) is 4.98 Å². The van der Waals surface area contributed by atoms with Gasteiger partial charge in [0.15, 0.2) is 0 Å². The van der Waals surface area contributed by atoms with Crippen LogP contribution in [0, 0.1) is 5.92 Å². The molecule has 0 aromatic carbocycles. The minimum absolute atomic E-state index is 0.288. The molecule has 1 aromatic rings. The first-order chi connectivity index (χ1) is 6.38. The first kappa shape index (κ1) is 8.51. The van der Waals surface area contributed by atoms with Crippen molar-refractivity contribution in [2.45, 2.75) is 18.9 Å². The summed E-state index contributed by atoms with van der Waals surface area (Å²) in [5, 5.41) is 8.80. The highest BCUT2D eigenvalue weighted by Gasteiger charge is 2.29. The van der Waals surface area contributed by atoms with E-state index in [0.717, 1.165) is 18.6 Å². The number of rotatable bonds is 3. The molecule has 13 heavy (non-hydrogen) atoms. The molecule has 3 heteroatoms. The molecule has 0 atom stereocenters. The summed E-state index contributed by atoms with van der Waals surface area (Å²) in [7, 11) is 0. The summed E-state index contributed by atoms with van der Waals surface area (Å²) in [6.07, 6.45) is 5.67. The third-order valence-corrected chi connectivity index (χ3v) is 2.40. The van der Waals surface area contributed by atoms with Crippen molar-refractivity contribution < 1.29 is 9.84 Å². The predicted octanol–water partition coefficient (Wildman–Crippen LogP) is 1.23. The van der Waals surface area contributed by atoms with Crippen LogP contribution in [-0.4, -0.2) is 22.8 Å². The Labute approximate surface area is 77.4 Å². The number of aromatic nitrogens is 1. The molecular weight excluding hydrogens is 166 g/mol. The maximum absolute atomic E-state index is 8.80. The van der Waals surface area contributed by atoms with E-state index in [9.17, 15) is 0 Å². The van der Waals surface area contributed by atoms with Gasteiger partial charge in [-0.05, 0) is 30.9 Å². The summed E-state index contributed by atoms with van der Waals surface area (Å²) in [6.45, 7) is 0.288. The lowest BCUT2D eigenvalue weighted by Gasteiger charge is -2.33. The maximum Gasteiger partial charge on any atom is 0.122 e. The van der Waals surface area contributed by atoms with Crippen LogP contribution in [0.3, 0.4) is 0 Å². The van der Waals surface area contributed by atoms with Gasteiger partial charge in [-0.1, -0.05) is 0 Å². The molecule has 1 saturated carbocycles. The molecule has 1 heterocycles. The second kappa shape index (κ2) is 3.75. The van der Waals surface area contributed by atoms with Crippen LogP contribution < -0.4 is 4.74 Å². The zero-order valence-electron chi connectivity index (χ0n) is 7.39. The van der Waals surface area contributed by atoms with E-state index in [2.05, 4.69) is 4.98 Å². The number of hydrogen-bond donors (Lipinski definition) is 1. The molecule has 1 aliphatic rings. The van der Waals surface area contributed by atoms with E-state index in [0.29, 0.717) is 12.0 Å². The Kier molecular flexibility index (Phi) is 2.45. The van der Waals surface area contributed by atoms with E-state index in [1.807, 2.05) is 12.1 Å². The average Bonchev–Trinajstić information content (AvgIpc) is 2.12. The van der Waals surface area contributed by atoms with Crippen molar-refractivity contribution in [3.63, 3.8) is 0 Å². The number of hydrogen-bond acceptors (Lipinski definition) is 3. The third kappa shape index (κ3) is 1.98. The van der Waals surface area contributed by atoms with Crippen molar-refractivity contribution in [1.29, 1.82) is 0 Å². The molecule has 3 nitrogen and oxygen atoms in total. The fourth-order valence-corrected chi connectivity index (χ4v) is 1.53. The minimum Gasteiger partial charge on any atom is -0.490 e. The zero-order chi connectivity index (χ0) is 9.10. The first-order valence-corrected chi connectivity index (χ1v) is 4.56. The van der Waals surface area contributed by atoms with Crippen LogP contribution in [0.15, 0.2) is 24.5 Å². The molecule has 2 rings (SSSR count). The van der Waals surface area contributed by atoms with E-state index >= 15 is 0 Å². The predicted molar refractivity (Wildman–Crippen MR) is 48.5 cm³/mol. The van der Waals surface area contributed by atoms with Gasteiger partial charge in [-0.25, -0.2) is 0 Å². The average molecular weight is 179 g/mol. The quantitative estimate of drug-likeness (QED) is 0.758. The van der Waals surface area contributed by atoms with E-state index in [4.69, 9.17) is 9.84 Å². The number of nitrogens with zero attached hydrogens (tertiary/aromatic N) is 1. The van der Waals surface area contributed by atoms with Gasteiger partial charge in [-0.3, -0.25) is 4.98 Å². The number of pyridine rings is 1. The Bertz CT molecular complexity index is 257. The molecular formula is C10H13NO2. The normalized spacial score (nSPS) is 26.5. The molecule has 0 amide bonds. The van der Waals surface area contributed by atoms with E-state index in [1.165, 1.54) is 0 Å². The summed E-state index contributed by atoms with van der Waals surface area (Å²) in [4.78, 5) is 3.91. The smallest absolute Gasteiger partial charge is 0.122 e. The number of ether oxygens (including phenoxy) is 1. The van der Waals surface area contributed by atoms with Crippen molar-refractivity contribution in [3.8, 4) is 5.75 Å². The van der Waals surface area contributed by atoms with Gasteiger partial charge in [-0.15, -0.1) is 0 Å². The lowest BCUT2D eigenvalue weighted by molar-refractivity contribution is 0.0324. The number of aliphatic hydroxyl groups is 1. The second-order valence-electron chi connectivity index (χ2n) is 3.44. The molecule has 1 aliphatic carbocycles. The maximum atomic E-state index is 8.80. The standard InChI is InChI=1S/C10H13NO2/c12-7-8-5-10(6-8)13-9-1-3-11-4-2-9/h1-4,8,10,12H,5-7H2. The Morgan fingerprint density at radius 1 is 1.38 bits per heavy atom. The van der Waals surface area contributed by atoms with E-state index in [1.54, 1.807) is 12.4 Å². The van der Waals surface area contributed by atoms with Gasteiger partial charge in [0.1, 0.15) is 5.75 Å². The minimum atomic E-state index is 0.288. The molecule has 1 N–H and O–H groups in total. The Balaban J connectivity index is 1.81. The summed E-state index contributed by atoms with van der Waals surface area (Å²) in [5.41, 5.74) is 0. The molecule has 0 radical (unpaired) electrons. The molecule has 1 aromatic heterocycles. The lowest BCUT2D eigenvalue weighted by Crippen LogP contribution is -2.35. The fraction of sp³-hybridized carbons (Fsp3) is 0.500. The summed E-state index contributed by atoms with van der Waals surface area (Å²) >= 11 is 0. The summed E-state index contributed by atoms with van der Waals surface area (Å²) in [6, 6.07) is 3.71. The fourth-order valence-electron chi connectivity index (χ4n) is 1.53. The summed E-state index contributed by atoms with van der Waals surface area (Å²) in [5.74, 6) is 1.32. The summed E-state index contributed by atoms with van der Waals surface area (Å²) < 4.78 is 5.63. The first-order valence-electron chi connectivity index (χ1n) is 4.56. The SMILES string of the molecule is OCC1CC(Oc2ccncc2)C1. The Morgan fingerprint density at radius 2 is 2.08 bits per heavy atom. The highest BCUT2D eigenvalue weighted by molar-refractivity contribution is 5.17. The molecule has 0 bridgehead atoms. The molecule has 0 spiro atoms. The molecule has 1 fully saturated rings. The zero-order valence-corrected chi connectivity index (χ0v) is 7.39. The third-order valence-electron chi connectivity index (χ3n) is 2.40. The van der Waals surface area contributed by atoms with Crippen LogP contribution >= 0.6 is 0 Å². The van der Waals surface area contributed by atoms with Gasteiger partial charge >= 0.3 is 0 Å². The van der Waals surface area contributed by atoms with Crippen molar-refractivity contribution in [2.24, 2.45) is 5.92 Å². The molecule has 0 unspecified atom stereocenters. The van der Waals surface area contributed by atoms with Crippen LogP contribution in [0.5, 0.6) is 5.75 Å². The van der Waals surface area contributed by atoms with E-state index < -0.39 is 0 Å². The van der Waals surface area contributed by atoms with Gasteiger partial charge in [0.25, 0.3) is 0 Å². The van der Waals surface area contributed by atoms with Gasteiger partial charge in [0.05, 0.1) is 6.10 Å². The van der Waals surface area contributed by atoms with Crippen LogP contribution in [0.25, 0.3) is 0 Å². The van der Waals surface area contributed by atoms with Gasteiger partial charge < -0.3 is 9.84 Å². The second-order valence-corrected chi connectivity index (χ2v) is 3.44. The highest BCUT2D eigenvalue weighted by Crippen LogP contribution is 2.30. The largest absolute Gasteiger partial charge is 0.490 e. The van der Waals surface area contributed by atoms with Gasteiger partial charge in [-0.2, -0.15) is 0 Å². The van der Waals surface area contributed by atoms with Crippen LogP contribution in [0.1, 0.15) is 12.8 Å². The molecule has 0 aliphatic heterocycles. The monoisotopic (exact) mass is 179 g/mol. The lowest BCUT2D eigenvalue weighted by atomic mass is 9.83. The topological polar surface area (TPSA) is 42.4 Å². The van der Waals surface area contributed by atoms with Crippen molar-refractivity contribution in [2.75, 3.05) is 6.61 Å². The van der Waals surface area contributed by atoms with Crippen LogP contribution in [0.2, 0.25) is 0 Å². The van der Waals surface area contributed by atoms with Gasteiger partial charge in [0, 0.05) is 19.0 Å². The Hall–Kier alpha value is -1.09. The van der Waals surface area contributed by atoms with Crippen LogP contribution in [-0.2, 0) is 0 Å². The van der Waals surface area contributed by atoms with E-state index in [-0.39, 0.29) is 6.61 Å². The van der Waals surface area contributed by atoms with Gasteiger partial charge in [0.2, 0.25) is 0 Å². The van der Waals surface area contributed by atoms with Crippen molar-refractivity contribution in [3.05, 3.63) is 24.5 Å². The molecule has 0 saturated heterocycles. The highest BCUT2D eigenvalue weighted by atomic mass is 16.5. The number of aliphatic hydroxyl groups excluding tert-OH is 1. The Morgan fingerprint density at radius 3 is 2.69 bits per heavy atom. The van der Waals surface area contributed by atoms with Crippen molar-refractivity contribution >= 4 is 0 Å². The molecule has 70 valence electrons. The van der Waals surface area contributed by atoms with Crippen LogP contribution in [0.4, 0.5) is 0 Å².